The first-order chi connectivity index (χ1) is 7.34. The van der Waals surface area contributed by atoms with Gasteiger partial charge in [-0.3, -0.25) is 4.68 Å². The molecular weight excluding hydrogens is 190 g/mol. The van der Waals surface area contributed by atoms with Gasteiger partial charge in [0.1, 0.15) is 6.33 Å². The Morgan fingerprint density at radius 2 is 2.47 bits per heavy atom. The Bertz CT molecular complexity index is 390. The predicted octanol–water partition coefficient (Wildman–Crippen LogP) is 0.475. The molecule has 15 heavy (non-hydrogen) atoms. The largest absolute Gasteiger partial charge is 0.367 e. The third-order valence-corrected chi connectivity index (χ3v) is 2.16. The molecule has 0 aliphatic carbocycles. The lowest BCUT2D eigenvalue weighted by Gasteiger charge is -2.00. The molecule has 2 aromatic rings. The second-order valence-corrected chi connectivity index (χ2v) is 3.48. The van der Waals surface area contributed by atoms with Gasteiger partial charge >= 0.3 is 0 Å². The summed E-state index contributed by atoms with van der Waals surface area (Å²) >= 11 is 0. The molecule has 0 saturated heterocycles. The number of nitrogens with one attached hydrogen (secondary N) is 2. The standard InChI is InChI=1S/C10H15N5/c1-15-8-13-10(14-15)3-5-12-7-9-2-4-11-6-9/h2,4,6,8,11-12H,3,5,7H2,1H3. The maximum absolute atomic E-state index is 4.20. The molecule has 0 spiro atoms. The summed E-state index contributed by atoms with van der Waals surface area (Å²) in [6.45, 7) is 1.78. The molecule has 2 aromatic heterocycles. The molecule has 0 aliphatic rings. The highest BCUT2D eigenvalue weighted by Gasteiger charge is 1.98. The van der Waals surface area contributed by atoms with Gasteiger partial charge in [0.25, 0.3) is 0 Å². The van der Waals surface area contributed by atoms with Crippen molar-refractivity contribution in [2.24, 2.45) is 7.05 Å². The summed E-state index contributed by atoms with van der Waals surface area (Å²) in [7, 11) is 1.88. The monoisotopic (exact) mass is 205 g/mol. The molecule has 0 fully saturated rings. The van der Waals surface area contributed by atoms with Gasteiger partial charge < -0.3 is 10.3 Å². The Morgan fingerprint density at radius 1 is 1.53 bits per heavy atom. The molecule has 80 valence electrons. The zero-order chi connectivity index (χ0) is 10.5. The Hall–Kier alpha value is -1.62. The van der Waals surface area contributed by atoms with Crippen LogP contribution in [-0.4, -0.2) is 26.3 Å². The number of aromatic amines is 1. The third-order valence-electron chi connectivity index (χ3n) is 2.16. The number of nitrogens with zero attached hydrogens (tertiary/aromatic N) is 3. The summed E-state index contributed by atoms with van der Waals surface area (Å²) in [6.07, 6.45) is 6.51. The van der Waals surface area contributed by atoms with Crippen LogP contribution >= 0.6 is 0 Å². The summed E-state index contributed by atoms with van der Waals surface area (Å²) in [5.41, 5.74) is 1.27. The van der Waals surface area contributed by atoms with E-state index >= 15 is 0 Å². The molecule has 5 nitrogen and oxygen atoms in total. The van der Waals surface area contributed by atoms with E-state index < -0.39 is 0 Å². The van der Waals surface area contributed by atoms with Crippen LogP contribution in [0.5, 0.6) is 0 Å². The fourth-order valence-electron chi connectivity index (χ4n) is 1.40. The topological polar surface area (TPSA) is 58.5 Å². The van der Waals surface area contributed by atoms with E-state index in [0.717, 1.165) is 25.3 Å². The average molecular weight is 205 g/mol. The SMILES string of the molecule is Cn1cnc(CCNCc2cc[nH]c2)n1. The summed E-state index contributed by atoms with van der Waals surface area (Å²) in [5.74, 6) is 0.888. The molecule has 0 bridgehead atoms. The van der Waals surface area contributed by atoms with Gasteiger partial charge in [0.15, 0.2) is 5.82 Å². The first-order valence-electron chi connectivity index (χ1n) is 5.01. The Labute approximate surface area is 88.5 Å². The second kappa shape index (κ2) is 4.75. The second-order valence-electron chi connectivity index (χ2n) is 3.48. The van der Waals surface area contributed by atoms with E-state index in [1.165, 1.54) is 5.56 Å². The van der Waals surface area contributed by atoms with E-state index in [2.05, 4.69) is 26.4 Å². The van der Waals surface area contributed by atoms with Crippen LogP contribution in [0.4, 0.5) is 0 Å². The van der Waals surface area contributed by atoms with E-state index in [4.69, 9.17) is 0 Å². The quantitative estimate of drug-likeness (QED) is 0.698. The van der Waals surface area contributed by atoms with E-state index in [1.807, 2.05) is 19.4 Å². The van der Waals surface area contributed by atoms with Gasteiger partial charge in [-0.1, -0.05) is 0 Å². The fourth-order valence-corrected chi connectivity index (χ4v) is 1.40. The highest BCUT2D eigenvalue weighted by molar-refractivity contribution is 5.07. The maximum Gasteiger partial charge on any atom is 0.151 e. The summed E-state index contributed by atoms with van der Waals surface area (Å²) < 4.78 is 1.72. The minimum absolute atomic E-state index is 0.866. The van der Waals surface area contributed by atoms with E-state index in [0.29, 0.717) is 0 Å². The normalized spacial score (nSPS) is 10.7. The molecular formula is C10H15N5. The van der Waals surface area contributed by atoms with Crippen LogP contribution in [0.1, 0.15) is 11.4 Å². The number of hydrogen-bond acceptors (Lipinski definition) is 3. The van der Waals surface area contributed by atoms with Crippen molar-refractivity contribution in [3.8, 4) is 0 Å². The van der Waals surface area contributed by atoms with Crippen LogP contribution in [-0.2, 0) is 20.0 Å². The number of H-pyrrole nitrogens is 1. The Kier molecular flexibility index (Phi) is 3.14. The lowest BCUT2D eigenvalue weighted by Crippen LogP contribution is -2.16. The molecule has 2 N–H and O–H groups in total. The number of rotatable bonds is 5. The van der Waals surface area contributed by atoms with Crippen molar-refractivity contribution in [2.45, 2.75) is 13.0 Å². The molecule has 0 unspecified atom stereocenters. The average Bonchev–Trinajstić information content (AvgIpc) is 2.84. The maximum atomic E-state index is 4.20. The van der Waals surface area contributed by atoms with Crippen molar-refractivity contribution in [1.29, 1.82) is 0 Å². The zero-order valence-corrected chi connectivity index (χ0v) is 8.77. The van der Waals surface area contributed by atoms with Crippen LogP contribution in [0, 0.1) is 0 Å². The van der Waals surface area contributed by atoms with E-state index in [1.54, 1.807) is 11.0 Å². The molecule has 0 amide bonds. The number of hydrogen-bond donors (Lipinski definition) is 2. The van der Waals surface area contributed by atoms with Crippen molar-refractivity contribution in [3.05, 3.63) is 36.2 Å². The van der Waals surface area contributed by atoms with Crippen LogP contribution in [0.15, 0.2) is 24.8 Å². The van der Waals surface area contributed by atoms with Gasteiger partial charge in [-0.25, -0.2) is 4.98 Å². The van der Waals surface area contributed by atoms with Crippen molar-refractivity contribution < 1.29 is 0 Å². The summed E-state index contributed by atoms with van der Waals surface area (Å²) in [6, 6.07) is 2.06. The van der Waals surface area contributed by atoms with Crippen molar-refractivity contribution in [1.82, 2.24) is 25.1 Å². The van der Waals surface area contributed by atoms with Crippen LogP contribution < -0.4 is 5.32 Å². The van der Waals surface area contributed by atoms with Gasteiger partial charge in [-0.15, -0.1) is 0 Å². The zero-order valence-electron chi connectivity index (χ0n) is 8.77. The minimum Gasteiger partial charge on any atom is -0.367 e. The van der Waals surface area contributed by atoms with Crippen molar-refractivity contribution in [2.75, 3.05) is 6.54 Å². The lowest BCUT2D eigenvalue weighted by atomic mass is 10.3. The molecule has 2 heterocycles. The molecule has 2 rings (SSSR count). The van der Waals surface area contributed by atoms with Crippen LogP contribution in [0.25, 0.3) is 0 Å². The first-order valence-corrected chi connectivity index (χ1v) is 5.01. The Balaban J connectivity index is 1.67. The summed E-state index contributed by atoms with van der Waals surface area (Å²) in [5, 5.41) is 7.54. The number of aromatic nitrogens is 4. The highest BCUT2D eigenvalue weighted by Crippen LogP contribution is 1.95. The smallest absolute Gasteiger partial charge is 0.151 e. The van der Waals surface area contributed by atoms with E-state index in [-0.39, 0.29) is 0 Å². The molecule has 5 heteroatoms. The minimum atomic E-state index is 0.866. The lowest BCUT2D eigenvalue weighted by molar-refractivity contribution is 0.661. The van der Waals surface area contributed by atoms with Gasteiger partial charge in [0, 0.05) is 39.0 Å². The molecule has 0 saturated carbocycles. The van der Waals surface area contributed by atoms with Crippen molar-refractivity contribution in [3.63, 3.8) is 0 Å². The predicted molar refractivity (Wildman–Crippen MR) is 57.2 cm³/mol. The third kappa shape index (κ3) is 2.92. The van der Waals surface area contributed by atoms with Gasteiger partial charge in [0.05, 0.1) is 0 Å². The fraction of sp³-hybridized carbons (Fsp3) is 0.400. The van der Waals surface area contributed by atoms with Crippen LogP contribution in [0.3, 0.4) is 0 Å². The molecule has 0 aliphatic heterocycles. The summed E-state index contributed by atoms with van der Waals surface area (Å²) in [4.78, 5) is 7.18. The first kappa shape index (κ1) is 9.92. The van der Waals surface area contributed by atoms with Gasteiger partial charge in [-0.05, 0) is 11.6 Å². The molecule has 0 aromatic carbocycles. The van der Waals surface area contributed by atoms with E-state index in [9.17, 15) is 0 Å². The highest BCUT2D eigenvalue weighted by atomic mass is 15.3. The Morgan fingerprint density at radius 3 is 3.13 bits per heavy atom. The van der Waals surface area contributed by atoms with Crippen LogP contribution in [0.2, 0.25) is 0 Å². The number of aryl methyl sites for hydroxylation is 1. The molecule has 0 radical (unpaired) electrons. The van der Waals surface area contributed by atoms with Gasteiger partial charge in [-0.2, -0.15) is 5.10 Å². The molecule has 0 atom stereocenters. The van der Waals surface area contributed by atoms with Crippen molar-refractivity contribution >= 4 is 0 Å². The van der Waals surface area contributed by atoms with Gasteiger partial charge in [0.2, 0.25) is 0 Å².